The second-order valence-electron chi connectivity index (χ2n) is 3.31. The second-order valence-corrected chi connectivity index (χ2v) is 3.31. The first kappa shape index (κ1) is 9.65. The molecule has 1 heterocycles. The highest BCUT2D eigenvalue weighted by Crippen LogP contribution is 2.25. The van der Waals surface area contributed by atoms with Crippen LogP contribution in [0.2, 0.25) is 0 Å². The van der Waals surface area contributed by atoms with E-state index < -0.39 is 6.17 Å². The highest BCUT2D eigenvalue weighted by molar-refractivity contribution is 5.41. The maximum absolute atomic E-state index is 13.9. The summed E-state index contributed by atoms with van der Waals surface area (Å²) in [5, 5.41) is 0. The fourth-order valence-electron chi connectivity index (χ4n) is 1.39. The first-order valence-corrected chi connectivity index (χ1v) is 4.67. The summed E-state index contributed by atoms with van der Waals surface area (Å²) < 4.78 is 13.9. The van der Waals surface area contributed by atoms with Crippen LogP contribution < -0.4 is 5.73 Å². The molecule has 1 aromatic heterocycles. The van der Waals surface area contributed by atoms with Crippen molar-refractivity contribution in [3.63, 3.8) is 0 Å². The van der Waals surface area contributed by atoms with Crippen molar-refractivity contribution < 1.29 is 4.39 Å². The van der Waals surface area contributed by atoms with Crippen LogP contribution in [0.4, 0.5) is 10.1 Å². The Hall–Kier alpha value is -1.90. The van der Waals surface area contributed by atoms with Gasteiger partial charge < -0.3 is 5.73 Å². The summed E-state index contributed by atoms with van der Waals surface area (Å²) in [7, 11) is 0. The number of nitrogen functional groups attached to an aromatic ring is 1. The fourth-order valence-corrected chi connectivity index (χ4v) is 1.39. The Morgan fingerprint density at radius 2 is 1.47 bits per heavy atom. The standard InChI is InChI=1S/C12H11FN2/c13-12(10-5-7-15-8-6-10)9-1-3-11(14)4-2-9/h1-8,12H,14H2. The molecule has 0 saturated heterocycles. The van der Waals surface area contributed by atoms with Gasteiger partial charge >= 0.3 is 0 Å². The van der Waals surface area contributed by atoms with Crippen molar-refractivity contribution in [3.05, 3.63) is 59.9 Å². The van der Waals surface area contributed by atoms with Gasteiger partial charge in [0.15, 0.2) is 6.17 Å². The number of nitrogens with zero attached hydrogens (tertiary/aromatic N) is 1. The molecule has 0 bridgehead atoms. The lowest BCUT2D eigenvalue weighted by Crippen LogP contribution is -1.95. The van der Waals surface area contributed by atoms with Crippen LogP contribution >= 0.6 is 0 Å². The zero-order valence-corrected chi connectivity index (χ0v) is 8.10. The zero-order valence-electron chi connectivity index (χ0n) is 8.10. The minimum absolute atomic E-state index is 0.606. The van der Waals surface area contributed by atoms with Gasteiger partial charge in [-0.2, -0.15) is 0 Å². The molecular weight excluding hydrogens is 191 g/mol. The van der Waals surface area contributed by atoms with Crippen LogP contribution in [0.3, 0.4) is 0 Å². The van der Waals surface area contributed by atoms with Gasteiger partial charge in [0.25, 0.3) is 0 Å². The summed E-state index contributed by atoms with van der Waals surface area (Å²) in [6.07, 6.45) is 2.05. The van der Waals surface area contributed by atoms with Gasteiger partial charge in [-0.25, -0.2) is 4.39 Å². The summed E-state index contributed by atoms with van der Waals surface area (Å²) >= 11 is 0. The summed E-state index contributed by atoms with van der Waals surface area (Å²) in [5.41, 5.74) is 7.39. The lowest BCUT2D eigenvalue weighted by molar-refractivity contribution is 0.402. The van der Waals surface area contributed by atoms with Crippen molar-refractivity contribution in [2.45, 2.75) is 6.17 Å². The van der Waals surface area contributed by atoms with Gasteiger partial charge in [0.2, 0.25) is 0 Å². The summed E-state index contributed by atoms with van der Waals surface area (Å²) in [6, 6.07) is 10.1. The molecule has 2 N–H and O–H groups in total. The van der Waals surface area contributed by atoms with Crippen molar-refractivity contribution in [1.82, 2.24) is 4.98 Å². The third-order valence-corrected chi connectivity index (χ3v) is 2.23. The number of hydrogen-bond acceptors (Lipinski definition) is 2. The molecule has 1 aromatic carbocycles. The van der Waals surface area contributed by atoms with Crippen LogP contribution in [0.15, 0.2) is 48.8 Å². The van der Waals surface area contributed by atoms with E-state index in [1.54, 1.807) is 48.8 Å². The Labute approximate surface area is 87.6 Å². The van der Waals surface area contributed by atoms with Crippen molar-refractivity contribution in [2.75, 3.05) is 5.73 Å². The largest absolute Gasteiger partial charge is 0.399 e. The highest BCUT2D eigenvalue weighted by atomic mass is 19.1. The molecule has 0 aliphatic heterocycles. The lowest BCUT2D eigenvalue weighted by Gasteiger charge is -2.08. The molecule has 0 saturated carbocycles. The topological polar surface area (TPSA) is 38.9 Å². The normalized spacial score (nSPS) is 12.3. The Morgan fingerprint density at radius 1 is 0.933 bits per heavy atom. The van der Waals surface area contributed by atoms with Crippen LogP contribution in [0, 0.1) is 0 Å². The molecule has 0 fully saturated rings. The average Bonchev–Trinajstić information content (AvgIpc) is 2.30. The highest BCUT2D eigenvalue weighted by Gasteiger charge is 2.11. The van der Waals surface area contributed by atoms with Gasteiger partial charge in [-0.15, -0.1) is 0 Å². The molecule has 0 radical (unpaired) electrons. The van der Waals surface area contributed by atoms with E-state index in [-0.39, 0.29) is 0 Å². The molecule has 2 nitrogen and oxygen atoms in total. The molecule has 2 rings (SSSR count). The Bertz CT molecular complexity index is 425. The van der Waals surface area contributed by atoms with Crippen molar-refractivity contribution in [2.24, 2.45) is 0 Å². The predicted molar refractivity (Wildman–Crippen MR) is 58.0 cm³/mol. The Balaban J connectivity index is 2.29. The van der Waals surface area contributed by atoms with Gasteiger partial charge in [0.05, 0.1) is 0 Å². The van der Waals surface area contributed by atoms with E-state index >= 15 is 0 Å². The smallest absolute Gasteiger partial charge is 0.150 e. The molecule has 76 valence electrons. The lowest BCUT2D eigenvalue weighted by atomic mass is 10.0. The number of halogens is 1. The molecule has 0 amide bonds. The van der Waals surface area contributed by atoms with Gasteiger partial charge in [-0.1, -0.05) is 12.1 Å². The maximum Gasteiger partial charge on any atom is 0.150 e. The van der Waals surface area contributed by atoms with E-state index in [1.165, 1.54) is 0 Å². The van der Waals surface area contributed by atoms with E-state index in [1.807, 2.05) is 0 Å². The van der Waals surface area contributed by atoms with Crippen LogP contribution in [0.25, 0.3) is 0 Å². The van der Waals surface area contributed by atoms with Gasteiger partial charge in [0, 0.05) is 18.1 Å². The number of rotatable bonds is 2. The molecule has 1 unspecified atom stereocenters. The van der Waals surface area contributed by atoms with Crippen molar-refractivity contribution >= 4 is 5.69 Å². The molecule has 0 spiro atoms. The predicted octanol–water partition coefficient (Wildman–Crippen LogP) is 2.72. The van der Waals surface area contributed by atoms with Crippen molar-refractivity contribution in [1.29, 1.82) is 0 Å². The summed E-state index contributed by atoms with van der Waals surface area (Å²) in [6.45, 7) is 0. The van der Waals surface area contributed by atoms with Crippen LogP contribution in [-0.4, -0.2) is 4.98 Å². The van der Waals surface area contributed by atoms with E-state index in [0.29, 0.717) is 16.8 Å². The number of nitrogens with two attached hydrogens (primary N) is 1. The van der Waals surface area contributed by atoms with E-state index in [0.717, 1.165) is 0 Å². The molecular formula is C12H11FN2. The number of pyridine rings is 1. The van der Waals surface area contributed by atoms with Crippen LogP contribution in [0.5, 0.6) is 0 Å². The zero-order chi connectivity index (χ0) is 10.7. The third kappa shape index (κ3) is 2.13. The minimum Gasteiger partial charge on any atom is -0.399 e. The minimum atomic E-state index is -1.12. The number of anilines is 1. The summed E-state index contributed by atoms with van der Waals surface area (Å²) in [5.74, 6) is 0. The molecule has 2 aromatic rings. The van der Waals surface area contributed by atoms with Gasteiger partial charge in [0.1, 0.15) is 0 Å². The molecule has 15 heavy (non-hydrogen) atoms. The number of alkyl halides is 1. The van der Waals surface area contributed by atoms with E-state index in [9.17, 15) is 4.39 Å². The Morgan fingerprint density at radius 3 is 2.07 bits per heavy atom. The summed E-state index contributed by atoms with van der Waals surface area (Å²) in [4.78, 5) is 3.85. The van der Waals surface area contributed by atoms with Crippen LogP contribution in [-0.2, 0) is 0 Å². The Kier molecular flexibility index (Phi) is 2.63. The van der Waals surface area contributed by atoms with E-state index in [2.05, 4.69) is 4.98 Å². The maximum atomic E-state index is 13.9. The second kappa shape index (κ2) is 4.09. The molecule has 0 aliphatic carbocycles. The van der Waals surface area contributed by atoms with E-state index in [4.69, 9.17) is 5.73 Å². The number of aromatic nitrogens is 1. The van der Waals surface area contributed by atoms with Crippen LogP contribution in [0.1, 0.15) is 17.3 Å². The fraction of sp³-hybridized carbons (Fsp3) is 0.0833. The number of hydrogen-bond donors (Lipinski definition) is 1. The molecule has 3 heteroatoms. The average molecular weight is 202 g/mol. The first-order chi connectivity index (χ1) is 7.27. The number of benzene rings is 1. The van der Waals surface area contributed by atoms with Gasteiger partial charge in [-0.05, 0) is 35.4 Å². The molecule has 1 atom stereocenters. The quantitative estimate of drug-likeness (QED) is 0.760. The first-order valence-electron chi connectivity index (χ1n) is 4.67. The SMILES string of the molecule is Nc1ccc(C(F)c2ccncc2)cc1. The van der Waals surface area contributed by atoms with Crippen molar-refractivity contribution in [3.8, 4) is 0 Å². The molecule has 0 aliphatic rings. The van der Waals surface area contributed by atoms with Gasteiger partial charge in [-0.3, -0.25) is 4.98 Å². The monoisotopic (exact) mass is 202 g/mol. The third-order valence-electron chi connectivity index (χ3n) is 2.23.